The van der Waals surface area contributed by atoms with Crippen molar-refractivity contribution in [1.29, 1.82) is 0 Å². The Kier molecular flexibility index (Phi) is 1.88. The molecule has 1 aliphatic rings. The van der Waals surface area contributed by atoms with E-state index in [9.17, 15) is 0 Å². The first kappa shape index (κ1) is 5.59. The molecule has 5 heteroatoms. The number of rotatable bonds is 2. The molecule has 0 saturated carbocycles. The van der Waals surface area contributed by atoms with Gasteiger partial charge in [0.1, 0.15) is 6.34 Å². The largest absolute Gasteiger partial charge is 0.511 e. The van der Waals surface area contributed by atoms with Gasteiger partial charge in [-0.15, -0.1) is 0 Å². The fourth-order valence-electron chi connectivity index (χ4n) is 0.503. The first-order chi connectivity index (χ1) is 3.93. The van der Waals surface area contributed by atoms with E-state index in [1.54, 1.807) is 0 Å². The van der Waals surface area contributed by atoms with Gasteiger partial charge >= 0.3 is 7.69 Å². The van der Waals surface area contributed by atoms with Gasteiger partial charge in [-0.1, -0.05) is 0 Å². The first-order valence-electron chi connectivity index (χ1n) is 2.33. The molecule has 1 aliphatic heterocycles. The summed E-state index contributed by atoms with van der Waals surface area (Å²) < 4.78 is 4.52. The van der Waals surface area contributed by atoms with Gasteiger partial charge in [-0.3, -0.25) is 14.8 Å². The standard InChI is InChI=1S/C3H6BN2O2/c7-4-8-6-2-1-5-3-6/h3,7H,1-2H2. The van der Waals surface area contributed by atoms with E-state index < -0.39 is 0 Å². The van der Waals surface area contributed by atoms with E-state index in [4.69, 9.17) is 5.02 Å². The minimum Gasteiger partial charge on any atom is -0.428 e. The number of aliphatic imine (C=N–C) groups is 1. The van der Waals surface area contributed by atoms with Crippen molar-refractivity contribution in [3.05, 3.63) is 0 Å². The Labute approximate surface area is 48.0 Å². The smallest absolute Gasteiger partial charge is 0.428 e. The van der Waals surface area contributed by atoms with Crippen LogP contribution in [0.15, 0.2) is 4.99 Å². The molecule has 0 aromatic rings. The Morgan fingerprint density at radius 1 is 1.88 bits per heavy atom. The lowest BCUT2D eigenvalue weighted by Crippen LogP contribution is -2.22. The highest BCUT2D eigenvalue weighted by atomic mass is 16.7. The van der Waals surface area contributed by atoms with Crippen molar-refractivity contribution < 1.29 is 9.78 Å². The third-order valence-electron chi connectivity index (χ3n) is 0.842. The average Bonchev–Trinajstić information content (AvgIpc) is 2.19. The summed E-state index contributed by atoms with van der Waals surface area (Å²) in [5.74, 6) is 0. The molecule has 0 saturated heterocycles. The van der Waals surface area contributed by atoms with E-state index in [1.807, 2.05) is 0 Å². The van der Waals surface area contributed by atoms with Gasteiger partial charge in [0.05, 0.1) is 13.1 Å². The monoisotopic (exact) mass is 113 g/mol. The van der Waals surface area contributed by atoms with Crippen LogP contribution >= 0.6 is 0 Å². The maximum atomic E-state index is 8.08. The zero-order valence-corrected chi connectivity index (χ0v) is 4.32. The molecular weight excluding hydrogens is 107 g/mol. The predicted octanol–water partition coefficient (Wildman–Crippen LogP) is -1.21. The average molecular weight is 113 g/mol. The van der Waals surface area contributed by atoms with Crippen molar-refractivity contribution >= 4 is 14.0 Å². The SMILES string of the molecule is O[B]ON1C=NCC1. The van der Waals surface area contributed by atoms with Gasteiger partial charge < -0.3 is 5.02 Å². The van der Waals surface area contributed by atoms with E-state index in [1.165, 1.54) is 11.4 Å². The molecule has 0 fully saturated rings. The van der Waals surface area contributed by atoms with Gasteiger partial charge in [-0.05, 0) is 0 Å². The van der Waals surface area contributed by atoms with Crippen LogP contribution in [-0.2, 0) is 4.76 Å². The summed E-state index contributed by atoms with van der Waals surface area (Å²) in [6.07, 6.45) is 1.53. The molecule has 1 radical (unpaired) electrons. The second-order valence-corrected chi connectivity index (χ2v) is 1.37. The maximum absolute atomic E-state index is 8.08. The third-order valence-corrected chi connectivity index (χ3v) is 0.842. The number of hydrogen-bond donors (Lipinski definition) is 1. The zero-order valence-electron chi connectivity index (χ0n) is 4.32. The van der Waals surface area contributed by atoms with Gasteiger partial charge in [-0.2, -0.15) is 0 Å². The molecule has 0 spiro atoms. The Morgan fingerprint density at radius 2 is 2.75 bits per heavy atom. The van der Waals surface area contributed by atoms with Crippen LogP contribution in [0.25, 0.3) is 0 Å². The van der Waals surface area contributed by atoms with Crippen molar-refractivity contribution in [2.75, 3.05) is 13.1 Å². The summed E-state index contributed by atoms with van der Waals surface area (Å²) in [6.45, 7) is 1.46. The van der Waals surface area contributed by atoms with Gasteiger partial charge in [0.15, 0.2) is 0 Å². The highest BCUT2D eigenvalue weighted by molar-refractivity contribution is 6.15. The van der Waals surface area contributed by atoms with E-state index in [0.717, 1.165) is 13.1 Å². The lowest BCUT2D eigenvalue weighted by atomic mass is 10.4. The van der Waals surface area contributed by atoms with E-state index in [0.29, 0.717) is 7.69 Å². The molecular formula is C3H6BN2O2. The van der Waals surface area contributed by atoms with E-state index in [-0.39, 0.29) is 0 Å². The highest BCUT2D eigenvalue weighted by Gasteiger charge is 2.03. The Morgan fingerprint density at radius 3 is 3.25 bits per heavy atom. The number of hydrogen-bond acceptors (Lipinski definition) is 4. The minimum atomic E-state index is 0.636. The molecule has 0 amide bonds. The summed E-state index contributed by atoms with van der Waals surface area (Å²) in [5, 5.41) is 9.52. The molecule has 0 unspecified atom stereocenters. The molecule has 0 atom stereocenters. The topological polar surface area (TPSA) is 45.1 Å². The Bertz CT molecular complexity index is 97.3. The van der Waals surface area contributed by atoms with Crippen molar-refractivity contribution in [3.63, 3.8) is 0 Å². The van der Waals surface area contributed by atoms with Crippen molar-refractivity contribution in [2.24, 2.45) is 4.99 Å². The maximum Gasteiger partial charge on any atom is 0.511 e. The van der Waals surface area contributed by atoms with Gasteiger partial charge in [0, 0.05) is 0 Å². The molecule has 0 bridgehead atoms. The molecule has 8 heavy (non-hydrogen) atoms. The van der Waals surface area contributed by atoms with Crippen LogP contribution in [0.1, 0.15) is 0 Å². The minimum absolute atomic E-state index is 0.636. The normalized spacial score (nSPS) is 17.4. The summed E-state index contributed by atoms with van der Waals surface area (Å²) in [5.41, 5.74) is 0. The van der Waals surface area contributed by atoms with Crippen molar-refractivity contribution in [1.82, 2.24) is 5.06 Å². The zero-order chi connectivity index (χ0) is 5.82. The van der Waals surface area contributed by atoms with Crippen LogP contribution < -0.4 is 0 Å². The summed E-state index contributed by atoms with van der Waals surface area (Å²) >= 11 is 0. The second kappa shape index (κ2) is 2.69. The number of nitrogens with zero attached hydrogens (tertiary/aromatic N) is 2. The first-order valence-corrected chi connectivity index (χ1v) is 2.33. The molecule has 1 rings (SSSR count). The van der Waals surface area contributed by atoms with Gasteiger partial charge in [-0.25, -0.2) is 0 Å². The van der Waals surface area contributed by atoms with Crippen molar-refractivity contribution in [3.8, 4) is 0 Å². The predicted molar refractivity (Wildman–Crippen MR) is 29.1 cm³/mol. The second-order valence-electron chi connectivity index (χ2n) is 1.37. The van der Waals surface area contributed by atoms with Gasteiger partial charge in [0.25, 0.3) is 0 Å². The van der Waals surface area contributed by atoms with Crippen molar-refractivity contribution in [2.45, 2.75) is 0 Å². The van der Waals surface area contributed by atoms with Crippen LogP contribution in [-0.4, -0.2) is 37.2 Å². The fraction of sp³-hybridized carbons (Fsp3) is 0.667. The quantitative estimate of drug-likeness (QED) is 0.457. The highest BCUT2D eigenvalue weighted by Crippen LogP contribution is 1.90. The van der Waals surface area contributed by atoms with Crippen LogP contribution in [0, 0.1) is 0 Å². The molecule has 1 heterocycles. The molecule has 0 aromatic heterocycles. The van der Waals surface area contributed by atoms with Crippen LogP contribution in [0.3, 0.4) is 0 Å². The lowest BCUT2D eigenvalue weighted by molar-refractivity contribution is 0.0239. The van der Waals surface area contributed by atoms with E-state index in [2.05, 4.69) is 9.75 Å². The third kappa shape index (κ3) is 1.21. The number of hydroxylamine groups is 2. The van der Waals surface area contributed by atoms with E-state index >= 15 is 0 Å². The summed E-state index contributed by atoms with van der Waals surface area (Å²) in [7, 11) is 0.636. The molecule has 0 aromatic carbocycles. The summed E-state index contributed by atoms with van der Waals surface area (Å²) in [6, 6.07) is 0. The van der Waals surface area contributed by atoms with Gasteiger partial charge in [0.2, 0.25) is 0 Å². The molecule has 4 nitrogen and oxygen atoms in total. The Hall–Kier alpha value is -0.545. The van der Waals surface area contributed by atoms with Crippen LogP contribution in [0.5, 0.6) is 0 Å². The lowest BCUT2D eigenvalue weighted by Gasteiger charge is -2.08. The molecule has 43 valence electrons. The summed E-state index contributed by atoms with van der Waals surface area (Å²) in [4.78, 5) is 3.83. The fourth-order valence-corrected chi connectivity index (χ4v) is 0.503. The molecule has 0 aliphatic carbocycles. The van der Waals surface area contributed by atoms with Crippen LogP contribution in [0.4, 0.5) is 0 Å². The van der Waals surface area contributed by atoms with Crippen LogP contribution in [0.2, 0.25) is 0 Å². The Balaban J connectivity index is 2.16. The molecule has 1 N–H and O–H groups in total.